The molecule has 4 heteroatoms. The third kappa shape index (κ3) is 1.49. The Hall–Kier alpha value is -0.0900. The van der Waals surface area contributed by atoms with Crippen molar-refractivity contribution < 1.29 is 8.78 Å². The monoisotopic (exact) mass is 224 g/mol. The summed E-state index contributed by atoms with van der Waals surface area (Å²) in [5.41, 5.74) is 0. The number of rotatable bonds is 0. The highest BCUT2D eigenvalue weighted by Crippen LogP contribution is 2.21. The van der Waals surface area contributed by atoms with Gasteiger partial charge >= 0.3 is 0 Å². The van der Waals surface area contributed by atoms with Crippen LogP contribution in [0.15, 0.2) is 21.5 Å². The van der Waals surface area contributed by atoms with Crippen LogP contribution in [0.3, 0.4) is 0 Å². The van der Waals surface area contributed by atoms with Crippen LogP contribution in [0.4, 0.5) is 8.78 Å². The summed E-state index contributed by atoms with van der Waals surface area (Å²) in [5.74, 6) is -1.80. The van der Waals surface area contributed by atoms with Gasteiger partial charge in [0, 0.05) is 9.37 Å². The molecule has 0 N–H and O–H groups in total. The fourth-order valence-electron chi connectivity index (χ4n) is 0.542. The number of benzene rings is 1. The minimum atomic E-state index is -0.911. The van der Waals surface area contributed by atoms with E-state index in [9.17, 15) is 8.78 Å². The summed E-state index contributed by atoms with van der Waals surface area (Å²) in [6, 6.07) is 2.44. The van der Waals surface area contributed by atoms with Gasteiger partial charge in [-0.05, 0) is 12.1 Å². The van der Waals surface area contributed by atoms with E-state index in [1.807, 2.05) is 0 Å². The fourth-order valence-corrected chi connectivity index (χ4v) is 1.40. The first-order chi connectivity index (χ1) is 4.61. The van der Waals surface area contributed by atoms with Crippen molar-refractivity contribution in [2.45, 2.75) is 4.90 Å². The van der Waals surface area contributed by atoms with Crippen molar-refractivity contribution in [3.05, 3.63) is 28.2 Å². The first-order valence-electron chi connectivity index (χ1n) is 2.45. The van der Waals surface area contributed by atoms with Crippen molar-refractivity contribution in [3.63, 3.8) is 0 Å². The molecule has 0 fully saturated rings. The van der Waals surface area contributed by atoms with Gasteiger partial charge in [0.05, 0.1) is 0 Å². The molecular weight excluding hydrogens is 222 g/mol. The lowest BCUT2D eigenvalue weighted by molar-refractivity contribution is 0.491. The Bertz CT molecular complexity index is 239. The summed E-state index contributed by atoms with van der Waals surface area (Å²) in [7, 11) is 0. The van der Waals surface area contributed by atoms with Gasteiger partial charge in [0.2, 0.25) is 0 Å². The molecular formula is C6H3BrF2S. The molecule has 0 heterocycles. The van der Waals surface area contributed by atoms with Crippen LogP contribution in [0.5, 0.6) is 0 Å². The van der Waals surface area contributed by atoms with E-state index in [2.05, 4.69) is 28.6 Å². The van der Waals surface area contributed by atoms with Gasteiger partial charge in [-0.25, -0.2) is 8.78 Å². The van der Waals surface area contributed by atoms with Crippen molar-refractivity contribution in [1.82, 2.24) is 0 Å². The second-order valence-corrected chi connectivity index (χ2v) is 3.12. The Labute approximate surface area is 70.8 Å². The Morgan fingerprint density at radius 2 is 1.90 bits per heavy atom. The van der Waals surface area contributed by atoms with E-state index in [0.717, 1.165) is 6.07 Å². The molecule has 10 heavy (non-hydrogen) atoms. The van der Waals surface area contributed by atoms with Gasteiger partial charge in [0.25, 0.3) is 0 Å². The quantitative estimate of drug-likeness (QED) is 0.509. The van der Waals surface area contributed by atoms with Crippen LogP contribution in [0, 0.1) is 11.6 Å². The summed E-state index contributed by atoms with van der Waals surface area (Å²) in [5, 5.41) is 0. The van der Waals surface area contributed by atoms with Crippen molar-refractivity contribution in [2.24, 2.45) is 0 Å². The summed E-state index contributed by atoms with van der Waals surface area (Å²) < 4.78 is 25.3. The number of hydrogen-bond acceptors (Lipinski definition) is 1. The molecule has 1 aromatic carbocycles. The molecule has 0 aliphatic carbocycles. The van der Waals surface area contributed by atoms with Gasteiger partial charge in [0.1, 0.15) is 0 Å². The zero-order valence-corrected chi connectivity index (χ0v) is 7.22. The Morgan fingerprint density at radius 3 is 2.40 bits per heavy atom. The minimum Gasteiger partial charge on any atom is -0.204 e. The summed E-state index contributed by atoms with van der Waals surface area (Å²) in [4.78, 5) is 0.00637. The molecule has 0 spiro atoms. The summed E-state index contributed by atoms with van der Waals surface area (Å²) in [6.07, 6.45) is 0. The van der Waals surface area contributed by atoms with Crippen LogP contribution in [-0.2, 0) is 0 Å². The molecule has 54 valence electrons. The molecule has 0 aromatic heterocycles. The van der Waals surface area contributed by atoms with Crippen molar-refractivity contribution in [2.75, 3.05) is 0 Å². The van der Waals surface area contributed by atoms with Gasteiger partial charge in [-0.1, -0.05) is 15.9 Å². The lowest BCUT2D eigenvalue weighted by Gasteiger charge is -1.96. The van der Waals surface area contributed by atoms with E-state index in [4.69, 9.17) is 0 Å². The number of halogens is 3. The number of hydrogen-bond donors (Lipinski definition) is 1. The maximum absolute atomic E-state index is 12.4. The highest BCUT2D eigenvalue weighted by Gasteiger charge is 2.05. The average molecular weight is 225 g/mol. The maximum Gasteiger partial charge on any atom is 0.172 e. The molecule has 0 aliphatic rings. The van der Waals surface area contributed by atoms with Gasteiger partial charge in [-0.3, -0.25) is 0 Å². The van der Waals surface area contributed by atoms with Crippen molar-refractivity contribution >= 4 is 28.6 Å². The second-order valence-electron chi connectivity index (χ2n) is 1.72. The third-order valence-electron chi connectivity index (χ3n) is 0.974. The molecule has 0 atom stereocenters. The average Bonchev–Trinajstić information content (AvgIpc) is 1.82. The van der Waals surface area contributed by atoms with E-state index in [-0.39, 0.29) is 4.90 Å². The third-order valence-corrected chi connectivity index (χ3v) is 1.76. The number of thiol groups is 1. The molecule has 0 saturated heterocycles. The fraction of sp³-hybridized carbons (Fsp3) is 0. The molecule has 0 saturated carbocycles. The van der Waals surface area contributed by atoms with Gasteiger partial charge in [0.15, 0.2) is 11.6 Å². The normalized spacial score (nSPS) is 10.0. The predicted octanol–water partition coefficient (Wildman–Crippen LogP) is 3.02. The first-order valence-corrected chi connectivity index (χ1v) is 3.69. The Balaban J connectivity index is 3.31. The van der Waals surface area contributed by atoms with Crippen LogP contribution in [0.25, 0.3) is 0 Å². The lowest BCUT2D eigenvalue weighted by atomic mass is 10.3. The van der Waals surface area contributed by atoms with E-state index in [0.29, 0.717) is 4.47 Å². The van der Waals surface area contributed by atoms with Crippen molar-refractivity contribution in [1.29, 1.82) is 0 Å². The lowest BCUT2D eigenvalue weighted by Crippen LogP contribution is -1.84. The smallest absolute Gasteiger partial charge is 0.172 e. The molecule has 0 bridgehead atoms. The van der Waals surface area contributed by atoms with Crippen LogP contribution in [0.1, 0.15) is 0 Å². The van der Waals surface area contributed by atoms with Crippen LogP contribution < -0.4 is 0 Å². The first kappa shape index (κ1) is 8.01. The second kappa shape index (κ2) is 2.88. The van der Waals surface area contributed by atoms with E-state index >= 15 is 0 Å². The highest BCUT2D eigenvalue weighted by atomic mass is 79.9. The highest BCUT2D eigenvalue weighted by molar-refractivity contribution is 9.10. The Morgan fingerprint density at radius 1 is 1.30 bits per heavy atom. The summed E-state index contributed by atoms with van der Waals surface area (Å²) in [6.45, 7) is 0. The van der Waals surface area contributed by atoms with Gasteiger partial charge in [-0.15, -0.1) is 12.6 Å². The SMILES string of the molecule is Fc1cc(Br)cc(S)c1F. The molecule has 0 amide bonds. The van der Waals surface area contributed by atoms with E-state index < -0.39 is 11.6 Å². The standard InChI is InChI=1S/C6H3BrF2S/c7-3-1-4(8)6(9)5(10)2-3/h1-2,10H. The van der Waals surface area contributed by atoms with E-state index in [1.54, 1.807) is 0 Å². The van der Waals surface area contributed by atoms with Gasteiger partial charge < -0.3 is 0 Å². The van der Waals surface area contributed by atoms with Crippen LogP contribution in [0.2, 0.25) is 0 Å². The largest absolute Gasteiger partial charge is 0.204 e. The molecule has 1 rings (SSSR count). The zero-order valence-electron chi connectivity index (χ0n) is 4.74. The van der Waals surface area contributed by atoms with Crippen LogP contribution in [-0.4, -0.2) is 0 Å². The molecule has 0 nitrogen and oxygen atoms in total. The topological polar surface area (TPSA) is 0 Å². The van der Waals surface area contributed by atoms with Gasteiger partial charge in [-0.2, -0.15) is 0 Å². The zero-order chi connectivity index (χ0) is 7.72. The Kier molecular flexibility index (Phi) is 2.31. The van der Waals surface area contributed by atoms with Crippen molar-refractivity contribution in [3.8, 4) is 0 Å². The molecule has 0 aliphatic heterocycles. The predicted molar refractivity (Wildman–Crippen MR) is 41.3 cm³/mol. The minimum absolute atomic E-state index is 0.00637. The van der Waals surface area contributed by atoms with E-state index in [1.165, 1.54) is 6.07 Å². The molecule has 1 aromatic rings. The molecule has 0 unspecified atom stereocenters. The summed E-state index contributed by atoms with van der Waals surface area (Å²) >= 11 is 6.68. The molecule has 0 radical (unpaired) electrons. The van der Waals surface area contributed by atoms with Crippen LogP contribution >= 0.6 is 28.6 Å². The maximum atomic E-state index is 12.4.